The molecule has 0 saturated heterocycles. The van der Waals surface area contributed by atoms with Crippen LogP contribution < -0.4 is 9.47 Å². The van der Waals surface area contributed by atoms with Crippen molar-refractivity contribution in [2.45, 2.75) is 0 Å². The van der Waals surface area contributed by atoms with Gasteiger partial charge in [-0.05, 0) is 12.1 Å². The first-order chi connectivity index (χ1) is 12.5. The molecule has 0 aromatic carbocycles. The highest BCUT2D eigenvalue weighted by Gasteiger charge is 2.06. The van der Waals surface area contributed by atoms with E-state index >= 15 is 0 Å². The molecule has 8 nitrogen and oxygen atoms in total. The Kier molecular flexibility index (Phi) is 11.0. The zero-order valence-corrected chi connectivity index (χ0v) is 14.5. The van der Waals surface area contributed by atoms with Gasteiger partial charge in [-0.15, -0.1) is 0 Å². The molecule has 0 saturated carbocycles. The summed E-state index contributed by atoms with van der Waals surface area (Å²) < 4.78 is 38.4. The van der Waals surface area contributed by atoms with Gasteiger partial charge in [0.05, 0.1) is 66.1 Å². The highest BCUT2D eigenvalue weighted by Crippen LogP contribution is 2.23. The minimum Gasteiger partial charge on any atom is -0.486 e. The summed E-state index contributed by atoms with van der Waals surface area (Å²) in [6.45, 7) is 5.97. The van der Waals surface area contributed by atoms with Crippen molar-refractivity contribution in [3.8, 4) is 11.6 Å². The standard InChI is InChI=1S/C17H27NO7/c1-2-16-17(18-3-1)25-15-13-23-11-9-21-7-5-19-4-6-20-8-10-22-12-14-24-16/h1-3H,4-15H2. The maximum atomic E-state index is 5.65. The number of hydrogen-bond donors (Lipinski definition) is 0. The van der Waals surface area contributed by atoms with E-state index in [1.54, 1.807) is 12.3 Å². The predicted molar refractivity (Wildman–Crippen MR) is 89.3 cm³/mol. The molecule has 0 radical (unpaired) electrons. The van der Waals surface area contributed by atoms with Crippen molar-refractivity contribution in [2.75, 3.05) is 79.3 Å². The highest BCUT2D eigenvalue weighted by atomic mass is 16.6. The SMILES string of the molecule is c1cnc2c(c1)OCCOCCOCCOCCOCCOCCO2. The molecule has 1 aliphatic rings. The third kappa shape index (κ3) is 9.57. The van der Waals surface area contributed by atoms with Crippen LogP contribution in [0.1, 0.15) is 0 Å². The molecule has 0 unspecified atom stereocenters. The van der Waals surface area contributed by atoms with Crippen molar-refractivity contribution in [3.63, 3.8) is 0 Å². The summed E-state index contributed by atoms with van der Waals surface area (Å²) in [6.07, 6.45) is 1.66. The summed E-state index contributed by atoms with van der Waals surface area (Å²) in [4.78, 5) is 4.18. The van der Waals surface area contributed by atoms with Crippen molar-refractivity contribution in [2.24, 2.45) is 0 Å². The van der Waals surface area contributed by atoms with Crippen molar-refractivity contribution in [3.05, 3.63) is 18.3 Å². The molecule has 0 bridgehead atoms. The van der Waals surface area contributed by atoms with Gasteiger partial charge in [-0.3, -0.25) is 0 Å². The van der Waals surface area contributed by atoms with Crippen molar-refractivity contribution >= 4 is 0 Å². The van der Waals surface area contributed by atoms with Crippen LogP contribution in [-0.4, -0.2) is 84.3 Å². The zero-order valence-electron chi connectivity index (χ0n) is 14.5. The lowest BCUT2D eigenvalue weighted by Gasteiger charge is -2.12. The van der Waals surface area contributed by atoms with Crippen LogP contribution in [0.5, 0.6) is 11.6 Å². The Hall–Kier alpha value is -1.45. The Morgan fingerprint density at radius 2 is 1.00 bits per heavy atom. The van der Waals surface area contributed by atoms with E-state index in [0.29, 0.717) is 90.9 Å². The molecule has 142 valence electrons. The fraction of sp³-hybridized carbons (Fsp3) is 0.706. The van der Waals surface area contributed by atoms with Crippen LogP contribution in [0.2, 0.25) is 0 Å². The lowest BCUT2D eigenvalue weighted by atomic mass is 10.4. The Bertz CT molecular complexity index is 408. The number of nitrogens with zero attached hydrogens (tertiary/aromatic N) is 1. The lowest BCUT2D eigenvalue weighted by molar-refractivity contribution is -0.0134. The van der Waals surface area contributed by atoms with E-state index in [9.17, 15) is 0 Å². The van der Waals surface area contributed by atoms with E-state index in [1.807, 2.05) is 6.07 Å². The molecule has 1 aliphatic heterocycles. The minimum atomic E-state index is 0.393. The second-order valence-electron chi connectivity index (χ2n) is 5.07. The molecule has 1 aromatic heterocycles. The fourth-order valence-corrected chi connectivity index (χ4v) is 1.98. The highest BCUT2D eigenvalue weighted by molar-refractivity contribution is 5.32. The monoisotopic (exact) mass is 357 g/mol. The third-order valence-electron chi connectivity index (χ3n) is 3.18. The summed E-state index contributed by atoms with van der Waals surface area (Å²) in [6, 6.07) is 3.61. The van der Waals surface area contributed by atoms with Crippen LogP contribution in [0.15, 0.2) is 18.3 Å². The smallest absolute Gasteiger partial charge is 0.257 e. The Morgan fingerprint density at radius 1 is 0.560 bits per heavy atom. The molecule has 0 aliphatic carbocycles. The third-order valence-corrected chi connectivity index (χ3v) is 3.18. The fourth-order valence-electron chi connectivity index (χ4n) is 1.98. The van der Waals surface area contributed by atoms with Crippen LogP contribution in [-0.2, 0) is 23.7 Å². The van der Waals surface area contributed by atoms with Crippen molar-refractivity contribution < 1.29 is 33.2 Å². The van der Waals surface area contributed by atoms with E-state index in [1.165, 1.54) is 0 Å². The molecule has 0 amide bonds. The first-order valence-corrected chi connectivity index (χ1v) is 8.56. The molecule has 1 aromatic rings. The minimum absolute atomic E-state index is 0.393. The van der Waals surface area contributed by atoms with E-state index in [-0.39, 0.29) is 0 Å². The second-order valence-corrected chi connectivity index (χ2v) is 5.07. The summed E-state index contributed by atoms with van der Waals surface area (Å²) in [7, 11) is 0. The van der Waals surface area contributed by atoms with Crippen LogP contribution in [0.25, 0.3) is 0 Å². The lowest BCUT2D eigenvalue weighted by Crippen LogP contribution is -2.14. The van der Waals surface area contributed by atoms with Gasteiger partial charge >= 0.3 is 0 Å². The largest absolute Gasteiger partial charge is 0.486 e. The topological polar surface area (TPSA) is 77.5 Å². The quantitative estimate of drug-likeness (QED) is 0.679. The molecule has 0 fully saturated rings. The van der Waals surface area contributed by atoms with Gasteiger partial charge in [-0.2, -0.15) is 0 Å². The normalized spacial score (nSPS) is 20.3. The number of ether oxygens (including phenoxy) is 7. The zero-order chi connectivity index (χ0) is 17.4. The van der Waals surface area contributed by atoms with Crippen LogP contribution in [0.3, 0.4) is 0 Å². The summed E-state index contributed by atoms with van der Waals surface area (Å²) >= 11 is 0. The van der Waals surface area contributed by atoms with Gasteiger partial charge in [-0.1, -0.05) is 0 Å². The van der Waals surface area contributed by atoms with Crippen LogP contribution in [0.4, 0.5) is 0 Å². The molecule has 8 heteroatoms. The Balaban J connectivity index is 1.73. The first kappa shape index (κ1) is 19.9. The maximum Gasteiger partial charge on any atom is 0.257 e. The average molecular weight is 357 g/mol. The van der Waals surface area contributed by atoms with Gasteiger partial charge in [0.1, 0.15) is 13.2 Å². The Morgan fingerprint density at radius 3 is 1.52 bits per heavy atom. The van der Waals surface area contributed by atoms with Gasteiger partial charge in [-0.25, -0.2) is 4.98 Å². The number of hydrogen-bond acceptors (Lipinski definition) is 8. The van der Waals surface area contributed by atoms with E-state index < -0.39 is 0 Å². The summed E-state index contributed by atoms with van der Waals surface area (Å²) in [5.74, 6) is 1.04. The van der Waals surface area contributed by atoms with Gasteiger partial charge in [0.15, 0.2) is 5.75 Å². The molecule has 2 heterocycles. The molecule has 0 atom stereocenters. The van der Waals surface area contributed by atoms with E-state index in [4.69, 9.17) is 33.2 Å². The number of pyridine rings is 1. The molecule has 25 heavy (non-hydrogen) atoms. The van der Waals surface area contributed by atoms with E-state index in [0.717, 1.165) is 0 Å². The molecular formula is C17H27NO7. The molecule has 0 spiro atoms. The molecular weight excluding hydrogens is 330 g/mol. The predicted octanol–water partition coefficient (Wildman–Crippen LogP) is 0.936. The Labute approximate surface area is 148 Å². The van der Waals surface area contributed by atoms with Gasteiger partial charge in [0.25, 0.3) is 5.88 Å². The number of rotatable bonds is 0. The maximum absolute atomic E-state index is 5.65. The number of aromatic nitrogens is 1. The second kappa shape index (κ2) is 13.8. The molecule has 2 rings (SSSR count). The number of fused-ring (bicyclic) bond motifs is 1. The van der Waals surface area contributed by atoms with Gasteiger partial charge in [0, 0.05) is 6.20 Å². The summed E-state index contributed by atoms with van der Waals surface area (Å²) in [5.41, 5.74) is 0. The summed E-state index contributed by atoms with van der Waals surface area (Å²) in [5, 5.41) is 0. The van der Waals surface area contributed by atoms with Gasteiger partial charge in [0.2, 0.25) is 0 Å². The first-order valence-electron chi connectivity index (χ1n) is 8.56. The van der Waals surface area contributed by atoms with Crippen LogP contribution in [0, 0.1) is 0 Å². The van der Waals surface area contributed by atoms with Crippen LogP contribution >= 0.6 is 0 Å². The van der Waals surface area contributed by atoms with E-state index in [2.05, 4.69) is 4.98 Å². The average Bonchev–Trinajstić information content (AvgIpc) is 2.64. The van der Waals surface area contributed by atoms with Crippen molar-refractivity contribution in [1.82, 2.24) is 4.98 Å². The van der Waals surface area contributed by atoms with Crippen molar-refractivity contribution in [1.29, 1.82) is 0 Å². The molecule has 0 N–H and O–H groups in total. The van der Waals surface area contributed by atoms with Gasteiger partial charge < -0.3 is 33.2 Å².